The van der Waals surface area contributed by atoms with Crippen LogP contribution in [-0.4, -0.2) is 34.7 Å². The van der Waals surface area contributed by atoms with Crippen molar-refractivity contribution in [3.63, 3.8) is 0 Å². The number of carbonyl (C=O) groups is 2. The van der Waals surface area contributed by atoms with Crippen LogP contribution in [0, 0.1) is 6.92 Å². The van der Waals surface area contributed by atoms with E-state index in [0.717, 1.165) is 22.4 Å². The average Bonchev–Trinajstić information content (AvgIpc) is 3.10. The topological polar surface area (TPSA) is 52.7 Å². The number of hydrogen-bond donors (Lipinski definition) is 1. The third-order valence-corrected chi connectivity index (χ3v) is 7.48. The summed E-state index contributed by atoms with van der Waals surface area (Å²) in [5.41, 5.74) is 3.81. The number of urea groups is 1. The fourth-order valence-electron chi connectivity index (χ4n) is 4.34. The number of fused-ring (bicyclic) bond motifs is 2. The van der Waals surface area contributed by atoms with E-state index in [0.29, 0.717) is 24.7 Å². The van der Waals surface area contributed by atoms with E-state index in [1.807, 2.05) is 50.2 Å². The number of nitrogens with zero attached hydrogens (tertiary/aromatic N) is 2. The minimum atomic E-state index is -1.12. The zero-order valence-corrected chi connectivity index (χ0v) is 19.2. The van der Waals surface area contributed by atoms with Gasteiger partial charge in [0.05, 0.1) is 12.2 Å². The van der Waals surface area contributed by atoms with E-state index in [1.165, 1.54) is 11.8 Å². The molecule has 0 aromatic heterocycles. The first-order valence-corrected chi connectivity index (χ1v) is 11.3. The molecular formula is C23H26ClN3O2S. The van der Waals surface area contributed by atoms with Crippen LogP contribution >= 0.6 is 23.4 Å². The Balaban J connectivity index is 1.86. The molecule has 2 heterocycles. The Labute approximate surface area is 186 Å². The summed E-state index contributed by atoms with van der Waals surface area (Å²) in [7, 11) is 0. The maximum atomic E-state index is 14.1. The summed E-state index contributed by atoms with van der Waals surface area (Å²) in [4.78, 5) is 29.5. The lowest BCUT2D eigenvalue weighted by Gasteiger charge is -2.33. The van der Waals surface area contributed by atoms with Gasteiger partial charge in [-0.15, -0.1) is 11.8 Å². The first-order valence-electron chi connectivity index (χ1n) is 10.1. The number of nitrogens with one attached hydrogen (secondary N) is 1. The molecule has 2 aliphatic rings. The second-order valence-corrected chi connectivity index (χ2v) is 10.7. The van der Waals surface area contributed by atoms with Crippen LogP contribution in [0.3, 0.4) is 0 Å². The molecule has 7 heteroatoms. The van der Waals surface area contributed by atoms with Crippen LogP contribution < -0.4 is 10.2 Å². The summed E-state index contributed by atoms with van der Waals surface area (Å²) in [6.45, 7) is 9.49. The van der Waals surface area contributed by atoms with Crippen molar-refractivity contribution in [2.45, 2.75) is 43.9 Å². The molecule has 1 N–H and O–H groups in total. The van der Waals surface area contributed by atoms with Crippen molar-refractivity contribution in [3.05, 3.63) is 64.2 Å². The van der Waals surface area contributed by atoms with Gasteiger partial charge in [0.25, 0.3) is 5.91 Å². The van der Waals surface area contributed by atoms with Crippen molar-refractivity contribution < 1.29 is 9.59 Å². The highest BCUT2D eigenvalue weighted by Crippen LogP contribution is 2.60. The van der Waals surface area contributed by atoms with Gasteiger partial charge in [0.15, 0.2) is 4.87 Å². The molecule has 0 unspecified atom stereocenters. The Bertz CT molecular complexity index is 1030. The van der Waals surface area contributed by atoms with Crippen LogP contribution in [0.25, 0.3) is 0 Å². The Morgan fingerprint density at radius 2 is 1.97 bits per heavy atom. The second-order valence-electron chi connectivity index (χ2n) is 8.41. The lowest BCUT2D eigenvalue weighted by Crippen LogP contribution is -2.53. The monoisotopic (exact) mass is 443 g/mol. The summed E-state index contributed by atoms with van der Waals surface area (Å²) >= 11 is 7.90. The molecule has 0 saturated carbocycles. The quantitative estimate of drug-likeness (QED) is 0.733. The molecule has 1 saturated heterocycles. The highest BCUT2D eigenvalue weighted by molar-refractivity contribution is 8.02. The van der Waals surface area contributed by atoms with Crippen LogP contribution in [0.4, 0.5) is 10.5 Å². The Morgan fingerprint density at radius 3 is 2.67 bits per heavy atom. The molecule has 1 fully saturated rings. The van der Waals surface area contributed by atoms with Crippen LogP contribution in [0.5, 0.6) is 0 Å². The predicted molar refractivity (Wildman–Crippen MR) is 123 cm³/mol. The maximum Gasteiger partial charge on any atom is 0.319 e. The van der Waals surface area contributed by atoms with Gasteiger partial charge in [-0.3, -0.25) is 9.69 Å². The van der Waals surface area contributed by atoms with E-state index in [2.05, 4.69) is 19.2 Å². The average molecular weight is 444 g/mol. The zero-order chi connectivity index (χ0) is 21.7. The summed E-state index contributed by atoms with van der Waals surface area (Å²) < 4.78 is -0.279. The van der Waals surface area contributed by atoms with E-state index in [4.69, 9.17) is 11.6 Å². The molecule has 2 aromatic carbocycles. The van der Waals surface area contributed by atoms with Gasteiger partial charge in [-0.2, -0.15) is 0 Å². The highest BCUT2D eigenvalue weighted by atomic mass is 35.5. The lowest BCUT2D eigenvalue weighted by molar-refractivity contribution is -0.123. The van der Waals surface area contributed by atoms with Crippen LogP contribution in [0.1, 0.15) is 37.5 Å². The number of hydrogen-bond acceptors (Lipinski definition) is 3. The molecule has 0 bridgehead atoms. The molecule has 4 rings (SSSR count). The number of anilines is 1. The summed E-state index contributed by atoms with van der Waals surface area (Å²) in [5, 5.41) is 3.44. The van der Waals surface area contributed by atoms with Crippen molar-refractivity contribution in [2.75, 3.05) is 18.0 Å². The van der Waals surface area contributed by atoms with Gasteiger partial charge >= 0.3 is 6.03 Å². The number of carbonyl (C=O) groups excluding carboxylic acids is 2. The van der Waals surface area contributed by atoms with Gasteiger partial charge in [0, 0.05) is 28.4 Å². The molecule has 158 valence electrons. The zero-order valence-electron chi connectivity index (χ0n) is 17.7. The highest BCUT2D eigenvalue weighted by Gasteiger charge is 2.63. The second kappa shape index (κ2) is 7.50. The van der Waals surface area contributed by atoms with Crippen molar-refractivity contribution in [1.82, 2.24) is 10.2 Å². The number of rotatable bonds is 3. The van der Waals surface area contributed by atoms with Crippen molar-refractivity contribution in [2.24, 2.45) is 0 Å². The van der Waals surface area contributed by atoms with Crippen LogP contribution in [0.2, 0.25) is 5.02 Å². The first-order chi connectivity index (χ1) is 14.2. The molecule has 2 aromatic rings. The van der Waals surface area contributed by atoms with Gasteiger partial charge in [0.2, 0.25) is 0 Å². The Kier molecular flexibility index (Phi) is 5.27. The molecule has 2 aliphatic heterocycles. The van der Waals surface area contributed by atoms with E-state index >= 15 is 0 Å². The van der Waals surface area contributed by atoms with E-state index in [-0.39, 0.29) is 16.7 Å². The predicted octanol–water partition coefficient (Wildman–Crippen LogP) is 4.90. The molecule has 30 heavy (non-hydrogen) atoms. The molecule has 1 atom stereocenters. The summed E-state index contributed by atoms with van der Waals surface area (Å²) in [5.74, 6) is -0.0927. The molecule has 0 aliphatic carbocycles. The third kappa shape index (κ3) is 3.26. The summed E-state index contributed by atoms with van der Waals surface area (Å²) in [6, 6.07) is 13.4. The number of thioether (sulfide) groups is 1. The SMILES string of the molecule is CCNC(=O)N1CC(C)(C)S[C@@]12C(=O)N(Cc1ccccc1C)c1ccc(Cl)cc12. The Hall–Kier alpha value is -2.18. The van der Waals surface area contributed by atoms with E-state index < -0.39 is 4.87 Å². The molecular weight excluding hydrogens is 418 g/mol. The van der Waals surface area contributed by atoms with E-state index in [9.17, 15) is 9.59 Å². The van der Waals surface area contributed by atoms with Gasteiger partial charge in [-0.25, -0.2) is 4.79 Å². The molecule has 5 nitrogen and oxygen atoms in total. The fourth-order valence-corrected chi connectivity index (χ4v) is 6.23. The van der Waals surface area contributed by atoms with E-state index in [1.54, 1.807) is 15.9 Å². The maximum absolute atomic E-state index is 14.1. The number of halogens is 1. The number of benzene rings is 2. The largest absolute Gasteiger partial charge is 0.338 e. The van der Waals surface area contributed by atoms with Crippen molar-refractivity contribution in [3.8, 4) is 0 Å². The van der Waals surface area contributed by atoms with Gasteiger partial charge in [-0.1, -0.05) is 35.9 Å². The molecule has 0 radical (unpaired) electrons. The van der Waals surface area contributed by atoms with Crippen molar-refractivity contribution in [1.29, 1.82) is 0 Å². The Morgan fingerprint density at radius 1 is 1.23 bits per heavy atom. The molecule has 1 spiro atoms. The molecule has 3 amide bonds. The minimum absolute atomic E-state index is 0.0927. The fraction of sp³-hybridized carbons (Fsp3) is 0.391. The van der Waals surface area contributed by atoms with Crippen LogP contribution in [-0.2, 0) is 16.2 Å². The standard InChI is InChI=1S/C23H26ClN3O2S/c1-5-25-21(29)27-14-22(3,4)30-23(27)18-12-17(24)10-11-19(18)26(20(23)28)13-16-9-7-6-8-15(16)2/h6-12H,5,13-14H2,1-4H3,(H,25,29)/t23-/m0/s1. The normalized spacial score (nSPS) is 22.0. The minimum Gasteiger partial charge on any atom is -0.338 e. The van der Waals surface area contributed by atoms with Crippen molar-refractivity contribution >= 4 is 41.0 Å². The van der Waals surface area contributed by atoms with Crippen LogP contribution in [0.15, 0.2) is 42.5 Å². The van der Waals surface area contributed by atoms with Gasteiger partial charge in [0.1, 0.15) is 0 Å². The lowest BCUT2D eigenvalue weighted by atomic mass is 10.0. The first kappa shape index (κ1) is 21.1. The summed E-state index contributed by atoms with van der Waals surface area (Å²) in [6.07, 6.45) is 0. The smallest absolute Gasteiger partial charge is 0.319 e. The number of aryl methyl sites for hydroxylation is 1. The third-order valence-electron chi connectivity index (χ3n) is 5.66. The van der Waals surface area contributed by atoms with Gasteiger partial charge < -0.3 is 10.2 Å². The number of amides is 3. The van der Waals surface area contributed by atoms with Gasteiger partial charge in [-0.05, 0) is 57.0 Å².